The van der Waals surface area contributed by atoms with Crippen molar-refractivity contribution in [1.82, 2.24) is 0 Å². The Kier molecular flexibility index (Phi) is 5.07. The number of rotatable bonds is 6. The molecule has 0 aliphatic carbocycles. The van der Waals surface area contributed by atoms with Gasteiger partial charge in [0.25, 0.3) is 0 Å². The molecule has 0 aliphatic heterocycles. The van der Waals surface area contributed by atoms with Gasteiger partial charge in [-0.25, -0.2) is 4.39 Å². The van der Waals surface area contributed by atoms with Crippen LogP contribution in [0.25, 0.3) is 0 Å². The molecule has 0 spiro atoms. The Hall–Kier alpha value is -1.13. The Morgan fingerprint density at radius 3 is 2.73 bits per heavy atom. The predicted octanol–water partition coefficient (Wildman–Crippen LogP) is 1.35. The molecule has 3 nitrogen and oxygen atoms in total. The normalized spacial score (nSPS) is 10.3. The van der Waals surface area contributed by atoms with E-state index < -0.39 is 0 Å². The summed E-state index contributed by atoms with van der Waals surface area (Å²) in [5, 5.41) is 0. The van der Waals surface area contributed by atoms with E-state index in [1.165, 1.54) is 12.1 Å². The van der Waals surface area contributed by atoms with Gasteiger partial charge >= 0.3 is 0 Å². The van der Waals surface area contributed by atoms with Crippen molar-refractivity contribution in [2.75, 3.05) is 26.9 Å². The van der Waals surface area contributed by atoms with Crippen LogP contribution in [0, 0.1) is 5.82 Å². The van der Waals surface area contributed by atoms with Gasteiger partial charge in [0.05, 0.1) is 6.61 Å². The number of hydrogen-bond donors (Lipinski definition) is 1. The average molecular weight is 213 g/mol. The van der Waals surface area contributed by atoms with Gasteiger partial charge in [0, 0.05) is 13.2 Å². The second-order valence-corrected chi connectivity index (χ2v) is 3.18. The van der Waals surface area contributed by atoms with Crippen LogP contribution in [-0.2, 0) is 11.2 Å². The first-order valence-electron chi connectivity index (χ1n) is 4.87. The van der Waals surface area contributed by atoms with Gasteiger partial charge in [0.1, 0.15) is 18.2 Å². The Morgan fingerprint density at radius 2 is 2.07 bits per heavy atom. The van der Waals surface area contributed by atoms with E-state index in [4.69, 9.17) is 15.2 Å². The van der Waals surface area contributed by atoms with Crippen LogP contribution in [-0.4, -0.2) is 26.9 Å². The number of halogens is 1. The van der Waals surface area contributed by atoms with Crippen LogP contribution < -0.4 is 10.5 Å². The number of hydrogen-bond acceptors (Lipinski definition) is 3. The van der Waals surface area contributed by atoms with E-state index in [2.05, 4.69) is 0 Å². The van der Waals surface area contributed by atoms with Crippen molar-refractivity contribution in [1.29, 1.82) is 0 Å². The van der Waals surface area contributed by atoms with Crippen LogP contribution in [0.5, 0.6) is 5.75 Å². The second-order valence-electron chi connectivity index (χ2n) is 3.18. The topological polar surface area (TPSA) is 44.5 Å². The molecule has 1 aromatic carbocycles. The monoisotopic (exact) mass is 213 g/mol. The molecule has 0 saturated carbocycles. The Labute approximate surface area is 89.0 Å². The highest BCUT2D eigenvalue weighted by atomic mass is 19.1. The summed E-state index contributed by atoms with van der Waals surface area (Å²) < 4.78 is 23.2. The van der Waals surface area contributed by atoms with E-state index in [0.717, 1.165) is 5.56 Å². The maximum atomic E-state index is 13.1. The fourth-order valence-electron chi connectivity index (χ4n) is 1.26. The first-order chi connectivity index (χ1) is 7.26. The Morgan fingerprint density at radius 1 is 1.27 bits per heavy atom. The lowest BCUT2D eigenvalue weighted by Gasteiger charge is -2.07. The molecule has 0 saturated heterocycles. The number of benzene rings is 1. The standard InChI is InChI=1S/C11H16FNO2/c1-14-4-5-15-11-7-9(2-3-13)6-10(12)8-11/h6-8H,2-5,13H2,1H3. The van der Waals surface area contributed by atoms with Crippen LogP contribution in [0.2, 0.25) is 0 Å². The van der Waals surface area contributed by atoms with Gasteiger partial charge in [0.2, 0.25) is 0 Å². The zero-order valence-corrected chi connectivity index (χ0v) is 8.83. The van der Waals surface area contributed by atoms with Crippen molar-refractivity contribution in [2.24, 2.45) is 5.73 Å². The van der Waals surface area contributed by atoms with Gasteiger partial charge in [-0.3, -0.25) is 0 Å². The molecular weight excluding hydrogens is 197 g/mol. The van der Waals surface area contributed by atoms with Crippen molar-refractivity contribution in [3.05, 3.63) is 29.6 Å². The molecule has 0 fully saturated rings. The lowest BCUT2D eigenvalue weighted by atomic mass is 10.1. The number of methoxy groups -OCH3 is 1. The predicted molar refractivity (Wildman–Crippen MR) is 56.5 cm³/mol. The van der Waals surface area contributed by atoms with E-state index >= 15 is 0 Å². The van der Waals surface area contributed by atoms with E-state index in [1.54, 1.807) is 13.2 Å². The van der Waals surface area contributed by atoms with E-state index in [1.807, 2.05) is 0 Å². The van der Waals surface area contributed by atoms with Crippen molar-refractivity contribution < 1.29 is 13.9 Å². The van der Waals surface area contributed by atoms with E-state index in [0.29, 0.717) is 31.9 Å². The summed E-state index contributed by atoms with van der Waals surface area (Å²) in [5.74, 6) is 0.226. The minimum atomic E-state index is -0.298. The third kappa shape index (κ3) is 4.27. The summed E-state index contributed by atoms with van der Waals surface area (Å²) in [6.45, 7) is 1.41. The molecule has 1 aromatic rings. The fourth-order valence-corrected chi connectivity index (χ4v) is 1.26. The molecule has 0 aliphatic rings. The largest absolute Gasteiger partial charge is 0.491 e. The van der Waals surface area contributed by atoms with Gasteiger partial charge in [-0.1, -0.05) is 0 Å². The zero-order valence-electron chi connectivity index (χ0n) is 8.83. The summed E-state index contributed by atoms with van der Waals surface area (Å²) in [6, 6.07) is 4.62. The van der Waals surface area contributed by atoms with Crippen molar-refractivity contribution in [3.63, 3.8) is 0 Å². The molecule has 0 heterocycles. The smallest absolute Gasteiger partial charge is 0.127 e. The van der Waals surface area contributed by atoms with Crippen LogP contribution in [0.1, 0.15) is 5.56 Å². The van der Waals surface area contributed by atoms with Gasteiger partial charge in [-0.2, -0.15) is 0 Å². The van der Waals surface area contributed by atoms with Crippen molar-refractivity contribution in [3.8, 4) is 5.75 Å². The summed E-state index contributed by atoms with van der Waals surface area (Å²) in [7, 11) is 1.59. The fraction of sp³-hybridized carbons (Fsp3) is 0.455. The first-order valence-corrected chi connectivity index (χ1v) is 4.87. The maximum absolute atomic E-state index is 13.1. The number of nitrogens with two attached hydrogens (primary N) is 1. The minimum absolute atomic E-state index is 0.298. The molecule has 4 heteroatoms. The Balaban J connectivity index is 2.62. The van der Waals surface area contributed by atoms with Crippen LogP contribution in [0.3, 0.4) is 0 Å². The summed E-state index contributed by atoms with van der Waals surface area (Å²) in [5.41, 5.74) is 6.25. The van der Waals surface area contributed by atoms with Crippen LogP contribution in [0.4, 0.5) is 4.39 Å². The van der Waals surface area contributed by atoms with Gasteiger partial charge in [-0.05, 0) is 30.7 Å². The quantitative estimate of drug-likeness (QED) is 0.725. The summed E-state index contributed by atoms with van der Waals surface area (Å²) >= 11 is 0. The molecule has 2 N–H and O–H groups in total. The lowest BCUT2D eigenvalue weighted by Crippen LogP contribution is -2.06. The SMILES string of the molecule is COCCOc1cc(F)cc(CCN)c1. The maximum Gasteiger partial charge on any atom is 0.127 e. The van der Waals surface area contributed by atoms with Gasteiger partial charge in [0.15, 0.2) is 0 Å². The van der Waals surface area contributed by atoms with Crippen molar-refractivity contribution >= 4 is 0 Å². The van der Waals surface area contributed by atoms with Crippen molar-refractivity contribution in [2.45, 2.75) is 6.42 Å². The summed E-state index contributed by atoms with van der Waals surface area (Å²) in [6.07, 6.45) is 0.651. The molecule has 0 bridgehead atoms. The molecule has 0 unspecified atom stereocenters. The highest BCUT2D eigenvalue weighted by Gasteiger charge is 2.01. The van der Waals surface area contributed by atoms with Crippen LogP contribution >= 0.6 is 0 Å². The Bertz CT molecular complexity index is 305. The van der Waals surface area contributed by atoms with E-state index in [-0.39, 0.29) is 5.82 Å². The molecular formula is C11H16FNO2. The third-order valence-electron chi connectivity index (χ3n) is 1.92. The molecule has 0 aromatic heterocycles. The molecule has 0 amide bonds. The molecule has 84 valence electrons. The van der Waals surface area contributed by atoms with E-state index in [9.17, 15) is 4.39 Å². The minimum Gasteiger partial charge on any atom is -0.491 e. The second kappa shape index (κ2) is 6.37. The van der Waals surface area contributed by atoms with Crippen LogP contribution in [0.15, 0.2) is 18.2 Å². The molecule has 15 heavy (non-hydrogen) atoms. The average Bonchev–Trinajstić information content (AvgIpc) is 2.18. The molecule has 0 atom stereocenters. The highest BCUT2D eigenvalue weighted by molar-refractivity contribution is 5.29. The third-order valence-corrected chi connectivity index (χ3v) is 1.92. The van der Waals surface area contributed by atoms with Gasteiger partial charge < -0.3 is 15.2 Å². The lowest BCUT2D eigenvalue weighted by molar-refractivity contribution is 0.146. The first kappa shape index (κ1) is 11.9. The highest BCUT2D eigenvalue weighted by Crippen LogP contribution is 2.16. The zero-order chi connectivity index (χ0) is 11.1. The molecule has 1 rings (SSSR count). The van der Waals surface area contributed by atoms with Gasteiger partial charge in [-0.15, -0.1) is 0 Å². The molecule has 0 radical (unpaired) electrons. The summed E-state index contributed by atoms with van der Waals surface area (Å²) in [4.78, 5) is 0. The number of ether oxygens (including phenoxy) is 2.